The van der Waals surface area contributed by atoms with E-state index in [1.807, 2.05) is 27.7 Å². The number of aliphatic hydroxyl groups is 1. The largest absolute Gasteiger partial charge is 0.469 e. The highest BCUT2D eigenvalue weighted by Gasteiger charge is 2.41. The summed E-state index contributed by atoms with van der Waals surface area (Å²) in [5, 5.41) is 13.2. The van der Waals surface area contributed by atoms with Crippen LogP contribution in [0.3, 0.4) is 0 Å². The van der Waals surface area contributed by atoms with Crippen LogP contribution in [0.5, 0.6) is 0 Å². The minimum absolute atomic E-state index is 0.0981. The summed E-state index contributed by atoms with van der Waals surface area (Å²) >= 11 is 0. The van der Waals surface area contributed by atoms with E-state index in [2.05, 4.69) is 5.16 Å². The maximum absolute atomic E-state index is 12.1. The highest BCUT2D eigenvalue weighted by Crippen LogP contribution is 2.35. The molecule has 2 aliphatic rings. The van der Waals surface area contributed by atoms with Crippen LogP contribution in [0.25, 0.3) is 0 Å². The number of piperidine rings is 1. The first-order valence-electron chi connectivity index (χ1n) is 7.69. The lowest BCUT2D eigenvalue weighted by atomic mass is 9.80. The highest BCUT2D eigenvalue weighted by atomic mass is 16.7. The number of carbonyl (C=O) groups is 1. The smallest absolute Gasteiger partial charge is 0.410 e. The molecule has 7 nitrogen and oxygen atoms in total. The van der Waals surface area contributed by atoms with Gasteiger partial charge in [0, 0.05) is 13.1 Å². The fourth-order valence-electron chi connectivity index (χ4n) is 2.46. The summed E-state index contributed by atoms with van der Waals surface area (Å²) in [6.07, 6.45) is 0.776. The number of carbonyl (C=O) groups excluding carboxylic acids is 1. The van der Waals surface area contributed by atoms with E-state index in [9.17, 15) is 9.90 Å². The number of nitrogens with zero attached hydrogens (tertiary/aromatic N) is 2. The summed E-state index contributed by atoms with van der Waals surface area (Å²) in [5.41, 5.74) is -0.775. The van der Waals surface area contributed by atoms with Gasteiger partial charge in [0.15, 0.2) is 12.7 Å². The first-order chi connectivity index (χ1) is 10.2. The van der Waals surface area contributed by atoms with Crippen LogP contribution in [0.1, 0.15) is 40.5 Å². The van der Waals surface area contributed by atoms with Crippen LogP contribution in [0, 0.1) is 5.41 Å². The summed E-state index contributed by atoms with van der Waals surface area (Å²) in [7, 11) is 0. The fraction of sp³-hybridized carbons (Fsp3) is 0.867. The Morgan fingerprint density at radius 1 is 1.45 bits per heavy atom. The molecule has 0 aliphatic carbocycles. The van der Waals surface area contributed by atoms with Gasteiger partial charge in [-0.1, -0.05) is 12.1 Å². The number of hydrogen-bond acceptors (Lipinski definition) is 6. The number of ether oxygens (including phenoxy) is 2. The summed E-state index contributed by atoms with van der Waals surface area (Å²) in [5.74, 6) is 0.515. The minimum atomic E-state index is -0.489. The Balaban J connectivity index is 1.93. The fourth-order valence-corrected chi connectivity index (χ4v) is 2.46. The van der Waals surface area contributed by atoms with Gasteiger partial charge < -0.3 is 24.3 Å². The van der Waals surface area contributed by atoms with E-state index in [-0.39, 0.29) is 30.8 Å². The molecule has 22 heavy (non-hydrogen) atoms. The molecular weight excluding hydrogens is 288 g/mol. The molecule has 1 N–H and O–H groups in total. The predicted octanol–water partition coefficient (Wildman–Crippen LogP) is 1.74. The van der Waals surface area contributed by atoms with Gasteiger partial charge in [-0.05, 0) is 33.6 Å². The Kier molecular flexibility index (Phi) is 4.84. The number of oxime groups is 1. The van der Waals surface area contributed by atoms with Crippen molar-refractivity contribution in [3.8, 4) is 0 Å². The second-order valence-corrected chi connectivity index (χ2v) is 7.14. The van der Waals surface area contributed by atoms with Crippen molar-refractivity contribution in [2.45, 2.75) is 52.2 Å². The van der Waals surface area contributed by atoms with Crippen molar-refractivity contribution in [1.82, 2.24) is 4.90 Å². The summed E-state index contributed by atoms with van der Waals surface area (Å²) in [6, 6.07) is 0. The van der Waals surface area contributed by atoms with Crippen molar-refractivity contribution in [2.24, 2.45) is 10.6 Å². The number of amides is 1. The van der Waals surface area contributed by atoms with Crippen molar-refractivity contribution >= 4 is 12.0 Å². The maximum Gasteiger partial charge on any atom is 0.410 e. The van der Waals surface area contributed by atoms with Crippen molar-refractivity contribution in [3.05, 3.63) is 0 Å². The van der Waals surface area contributed by atoms with Crippen LogP contribution in [0.2, 0.25) is 0 Å². The Bertz CT molecular complexity index is 436. The van der Waals surface area contributed by atoms with Crippen LogP contribution in [0.4, 0.5) is 4.79 Å². The molecule has 126 valence electrons. The van der Waals surface area contributed by atoms with E-state index in [1.54, 1.807) is 4.90 Å². The van der Waals surface area contributed by atoms with Crippen molar-refractivity contribution < 1.29 is 24.2 Å². The van der Waals surface area contributed by atoms with Gasteiger partial charge >= 0.3 is 6.09 Å². The normalized spacial score (nSPS) is 24.9. The molecule has 0 bridgehead atoms. The third-order valence-corrected chi connectivity index (χ3v) is 3.92. The molecule has 0 spiro atoms. The van der Waals surface area contributed by atoms with E-state index in [1.165, 1.54) is 0 Å². The van der Waals surface area contributed by atoms with Gasteiger partial charge in [-0.15, -0.1) is 0 Å². The highest BCUT2D eigenvalue weighted by molar-refractivity contribution is 5.82. The zero-order valence-corrected chi connectivity index (χ0v) is 13.8. The summed E-state index contributed by atoms with van der Waals surface area (Å²) in [6.45, 7) is 8.94. The summed E-state index contributed by atoms with van der Waals surface area (Å²) in [4.78, 5) is 18.9. The number of rotatable bonds is 2. The Labute approximate surface area is 131 Å². The quantitative estimate of drug-likeness (QED) is 0.840. The molecule has 0 saturated carbocycles. The molecule has 0 unspecified atom stereocenters. The predicted molar refractivity (Wildman–Crippen MR) is 80.5 cm³/mol. The zero-order chi connectivity index (χ0) is 16.4. The first kappa shape index (κ1) is 16.9. The van der Waals surface area contributed by atoms with Crippen molar-refractivity contribution in [2.75, 3.05) is 26.3 Å². The lowest BCUT2D eigenvalue weighted by molar-refractivity contribution is -0.0331. The number of aliphatic hydroxyl groups excluding tert-OH is 1. The van der Waals surface area contributed by atoms with Crippen LogP contribution < -0.4 is 0 Å². The van der Waals surface area contributed by atoms with E-state index < -0.39 is 5.60 Å². The third-order valence-electron chi connectivity index (χ3n) is 3.92. The van der Waals surface area contributed by atoms with Gasteiger partial charge in [0.25, 0.3) is 0 Å². The van der Waals surface area contributed by atoms with Crippen LogP contribution in [0.15, 0.2) is 5.16 Å². The van der Waals surface area contributed by atoms with Gasteiger partial charge in [0.05, 0.1) is 12.0 Å². The SMILES string of the molecule is CC(C)(C)OC(=O)N1CCC(C)(C2=NOC[C@@H](CO)O2)CC1. The molecule has 2 rings (SSSR count). The monoisotopic (exact) mass is 314 g/mol. The Morgan fingerprint density at radius 3 is 2.64 bits per heavy atom. The molecule has 1 saturated heterocycles. The molecular formula is C15H26N2O5. The molecule has 0 radical (unpaired) electrons. The van der Waals surface area contributed by atoms with E-state index in [4.69, 9.17) is 14.3 Å². The topological polar surface area (TPSA) is 80.6 Å². The third kappa shape index (κ3) is 4.03. The molecule has 1 fully saturated rings. The molecule has 1 atom stereocenters. The molecule has 0 aromatic carbocycles. The van der Waals surface area contributed by atoms with Crippen LogP contribution in [-0.4, -0.2) is 60.0 Å². The van der Waals surface area contributed by atoms with E-state index >= 15 is 0 Å². The number of hydrogen-bond donors (Lipinski definition) is 1. The second-order valence-electron chi connectivity index (χ2n) is 7.14. The zero-order valence-electron chi connectivity index (χ0n) is 13.8. The Morgan fingerprint density at radius 2 is 2.09 bits per heavy atom. The molecule has 7 heteroatoms. The number of likely N-dealkylation sites (tertiary alicyclic amines) is 1. The minimum Gasteiger partial charge on any atom is -0.469 e. The summed E-state index contributed by atoms with van der Waals surface area (Å²) < 4.78 is 11.1. The van der Waals surface area contributed by atoms with Crippen molar-refractivity contribution in [3.63, 3.8) is 0 Å². The molecule has 2 heterocycles. The Hall–Kier alpha value is -1.50. The second kappa shape index (κ2) is 6.32. The van der Waals surface area contributed by atoms with Gasteiger partial charge in [-0.25, -0.2) is 4.79 Å². The van der Waals surface area contributed by atoms with Gasteiger partial charge in [0.2, 0.25) is 5.90 Å². The van der Waals surface area contributed by atoms with E-state index in [0.717, 1.165) is 0 Å². The lowest BCUT2D eigenvalue weighted by Crippen LogP contribution is -2.49. The average Bonchev–Trinajstić information content (AvgIpc) is 2.46. The maximum atomic E-state index is 12.1. The van der Waals surface area contributed by atoms with Crippen molar-refractivity contribution in [1.29, 1.82) is 0 Å². The average molecular weight is 314 g/mol. The van der Waals surface area contributed by atoms with Crippen LogP contribution >= 0.6 is 0 Å². The molecule has 2 aliphatic heterocycles. The van der Waals surface area contributed by atoms with Gasteiger partial charge in [0.1, 0.15) is 5.60 Å². The first-order valence-corrected chi connectivity index (χ1v) is 7.69. The standard InChI is InChI=1S/C15H26N2O5/c1-14(2,3)22-13(19)17-7-5-15(4,6-8-17)12-16-20-10-11(9-18)21-12/h11,18H,5-10H2,1-4H3/t11-/m1/s1. The van der Waals surface area contributed by atoms with Gasteiger partial charge in [-0.2, -0.15) is 0 Å². The molecule has 0 aromatic heterocycles. The molecule has 1 amide bonds. The van der Waals surface area contributed by atoms with Gasteiger partial charge in [-0.3, -0.25) is 0 Å². The lowest BCUT2D eigenvalue weighted by Gasteiger charge is -2.40. The molecule has 0 aromatic rings. The van der Waals surface area contributed by atoms with Crippen LogP contribution in [-0.2, 0) is 14.3 Å². The van der Waals surface area contributed by atoms with E-state index in [0.29, 0.717) is 31.8 Å².